The second kappa shape index (κ2) is 10.5. The minimum absolute atomic E-state index is 0.112. The van der Waals surface area contributed by atoms with E-state index in [1.807, 2.05) is 32.3 Å². The number of imidazole rings is 1. The number of nitrogens with one attached hydrogen (secondary N) is 2. The van der Waals surface area contributed by atoms with E-state index >= 15 is 0 Å². The second-order valence-corrected chi connectivity index (χ2v) is 8.66. The molecule has 3 aromatic rings. The third-order valence-electron chi connectivity index (χ3n) is 5.93. The molecule has 0 aliphatic heterocycles. The summed E-state index contributed by atoms with van der Waals surface area (Å²) in [4.78, 5) is 8.61. The Labute approximate surface area is 194 Å². The number of hydrogen-bond donors (Lipinski definition) is 2. The van der Waals surface area contributed by atoms with Crippen LogP contribution in [0.5, 0.6) is 5.75 Å². The number of aliphatic imine (C=N–C) groups is 1. The van der Waals surface area contributed by atoms with Crippen molar-refractivity contribution in [3.05, 3.63) is 83.2 Å². The Morgan fingerprint density at radius 2 is 2.06 bits per heavy atom. The highest BCUT2D eigenvalue weighted by Crippen LogP contribution is 2.30. The maximum Gasteiger partial charge on any atom is 0.191 e. The molecule has 0 amide bonds. The molecule has 174 valence electrons. The van der Waals surface area contributed by atoms with Crippen LogP contribution in [0.25, 0.3) is 0 Å². The molecule has 0 radical (unpaired) electrons. The van der Waals surface area contributed by atoms with Crippen molar-refractivity contribution < 1.29 is 9.13 Å². The van der Waals surface area contributed by atoms with Crippen molar-refractivity contribution in [3.8, 4) is 5.75 Å². The van der Waals surface area contributed by atoms with Crippen molar-refractivity contribution in [1.29, 1.82) is 0 Å². The zero-order valence-electron chi connectivity index (χ0n) is 19.5. The quantitative estimate of drug-likeness (QED) is 0.370. The van der Waals surface area contributed by atoms with E-state index in [0.717, 1.165) is 23.5 Å². The van der Waals surface area contributed by atoms with E-state index in [9.17, 15) is 4.39 Å². The number of rotatable bonds is 9. The molecule has 1 unspecified atom stereocenters. The first kappa shape index (κ1) is 22.8. The lowest BCUT2D eigenvalue weighted by atomic mass is 10.1. The number of ether oxygens (including phenoxy) is 1. The highest BCUT2D eigenvalue weighted by atomic mass is 19.1. The Bertz CT molecular complexity index is 1110. The van der Waals surface area contributed by atoms with Crippen LogP contribution in [0.15, 0.2) is 59.9 Å². The molecule has 1 atom stereocenters. The molecule has 1 aliphatic rings. The zero-order valence-corrected chi connectivity index (χ0v) is 19.5. The van der Waals surface area contributed by atoms with Gasteiger partial charge in [-0.25, -0.2) is 9.37 Å². The van der Waals surface area contributed by atoms with Crippen molar-refractivity contribution in [2.45, 2.75) is 45.8 Å². The Morgan fingerprint density at radius 1 is 1.24 bits per heavy atom. The predicted molar refractivity (Wildman–Crippen MR) is 129 cm³/mol. The van der Waals surface area contributed by atoms with Crippen LogP contribution in [0.1, 0.15) is 48.3 Å². The number of aryl methyl sites for hydroxylation is 1. The number of nitrogens with zero attached hydrogens (tertiary/aromatic N) is 3. The lowest BCUT2D eigenvalue weighted by molar-refractivity contribution is 0.285. The maximum absolute atomic E-state index is 14.5. The highest BCUT2D eigenvalue weighted by molar-refractivity contribution is 5.80. The molecule has 7 heteroatoms. The van der Waals surface area contributed by atoms with E-state index in [0.29, 0.717) is 30.8 Å². The number of guanidine groups is 1. The normalized spacial score (nSPS) is 14.7. The molecule has 1 aliphatic carbocycles. The van der Waals surface area contributed by atoms with E-state index in [1.165, 1.54) is 24.5 Å². The molecule has 33 heavy (non-hydrogen) atoms. The average Bonchev–Trinajstić information content (AvgIpc) is 3.57. The summed E-state index contributed by atoms with van der Waals surface area (Å²) in [6, 6.07) is 13.5. The standard InChI is InChI=1S/C26H32FN5O/c1-18(23-9-10-25(24(27)14-23)33-17-20-7-8-20)31-26(28-3)30-15-21-5-4-6-22(13-21)16-32-12-11-29-19(32)2/h4-6,9-14,18,20H,7-8,15-17H2,1-3H3,(H2,28,30,31). The number of benzene rings is 2. The van der Waals surface area contributed by atoms with Gasteiger partial charge in [-0.05, 0) is 61.4 Å². The second-order valence-electron chi connectivity index (χ2n) is 8.66. The summed E-state index contributed by atoms with van der Waals surface area (Å²) < 4.78 is 22.2. The van der Waals surface area contributed by atoms with Crippen molar-refractivity contribution in [2.75, 3.05) is 13.7 Å². The summed E-state index contributed by atoms with van der Waals surface area (Å²) in [5.74, 6) is 2.25. The van der Waals surface area contributed by atoms with E-state index in [4.69, 9.17) is 4.74 Å². The summed E-state index contributed by atoms with van der Waals surface area (Å²) in [6.45, 7) is 6.01. The fraction of sp³-hybridized carbons (Fsp3) is 0.385. The van der Waals surface area contributed by atoms with Gasteiger partial charge in [0.1, 0.15) is 5.82 Å². The Morgan fingerprint density at radius 3 is 2.76 bits per heavy atom. The minimum Gasteiger partial charge on any atom is -0.490 e. The van der Waals surface area contributed by atoms with E-state index in [2.05, 4.69) is 49.4 Å². The van der Waals surface area contributed by atoms with Crippen LogP contribution in [0.3, 0.4) is 0 Å². The Balaban J connectivity index is 1.31. The molecule has 6 nitrogen and oxygen atoms in total. The largest absolute Gasteiger partial charge is 0.490 e. The van der Waals surface area contributed by atoms with Crippen LogP contribution in [-0.4, -0.2) is 29.2 Å². The first-order valence-electron chi connectivity index (χ1n) is 11.5. The SMILES string of the molecule is CN=C(NCc1cccc(Cn2ccnc2C)c1)NC(C)c1ccc(OCC2CC2)c(F)c1. The number of aromatic nitrogens is 2. The first-order chi connectivity index (χ1) is 16.0. The van der Waals surface area contributed by atoms with Gasteiger partial charge < -0.3 is 19.9 Å². The van der Waals surface area contributed by atoms with Crippen LogP contribution in [0.4, 0.5) is 4.39 Å². The predicted octanol–water partition coefficient (Wildman–Crippen LogP) is 4.59. The maximum atomic E-state index is 14.5. The molecule has 2 N–H and O–H groups in total. The van der Waals surface area contributed by atoms with Crippen LogP contribution < -0.4 is 15.4 Å². The molecular weight excluding hydrogens is 417 g/mol. The van der Waals surface area contributed by atoms with Crippen LogP contribution in [0, 0.1) is 18.7 Å². The fourth-order valence-electron chi connectivity index (χ4n) is 3.67. The monoisotopic (exact) mass is 449 g/mol. The van der Waals surface area contributed by atoms with E-state index in [-0.39, 0.29) is 11.9 Å². The summed E-state index contributed by atoms with van der Waals surface area (Å²) in [7, 11) is 1.73. The van der Waals surface area contributed by atoms with Crippen LogP contribution >= 0.6 is 0 Å². The van der Waals surface area contributed by atoms with Gasteiger partial charge in [0.15, 0.2) is 17.5 Å². The topological polar surface area (TPSA) is 63.5 Å². The molecule has 0 saturated heterocycles. The lowest BCUT2D eigenvalue weighted by Gasteiger charge is -2.19. The Hall–Kier alpha value is -3.35. The van der Waals surface area contributed by atoms with Crippen molar-refractivity contribution >= 4 is 5.96 Å². The smallest absolute Gasteiger partial charge is 0.191 e. The van der Waals surface area contributed by atoms with Gasteiger partial charge >= 0.3 is 0 Å². The van der Waals surface area contributed by atoms with Crippen LogP contribution in [-0.2, 0) is 13.1 Å². The molecule has 0 bridgehead atoms. The zero-order chi connectivity index (χ0) is 23.2. The van der Waals surface area contributed by atoms with Crippen molar-refractivity contribution in [2.24, 2.45) is 10.9 Å². The third-order valence-corrected chi connectivity index (χ3v) is 5.93. The highest BCUT2D eigenvalue weighted by Gasteiger charge is 2.22. The van der Waals surface area contributed by atoms with E-state index < -0.39 is 0 Å². The van der Waals surface area contributed by atoms with Crippen molar-refractivity contribution in [1.82, 2.24) is 20.2 Å². The Kier molecular flexibility index (Phi) is 7.27. The molecule has 2 aromatic carbocycles. The van der Waals surface area contributed by atoms with Gasteiger partial charge in [0.2, 0.25) is 0 Å². The molecular formula is C26H32FN5O. The number of halogens is 1. The molecule has 1 aromatic heterocycles. The summed E-state index contributed by atoms with van der Waals surface area (Å²) in [5, 5.41) is 6.69. The molecule has 4 rings (SSSR count). The average molecular weight is 450 g/mol. The van der Waals surface area contributed by atoms with Gasteiger partial charge in [-0.15, -0.1) is 0 Å². The van der Waals surface area contributed by atoms with Gasteiger partial charge in [0.25, 0.3) is 0 Å². The third kappa shape index (κ3) is 6.34. The van der Waals surface area contributed by atoms with Gasteiger partial charge in [0, 0.05) is 32.5 Å². The van der Waals surface area contributed by atoms with Gasteiger partial charge in [-0.1, -0.05) is 30.3 Å². The molecule has 1 saturated carbocycles. The van der Waals surface area contributed by atoms with Gasteiger partial charge in [-0.3, -0.25) is 4.99 Å². The fourth-order valence-corrected chi connectivity index (χ4v) is 3.67. The molecule has 1 heterocycles. The number of hydrogen-bond acceptors (Lipinski definition) is 3. The van der Waals surface area contributed by atoms with Gasteiger partial charge in [0.05, 0.1) is 12.6 Å². The molecule has 0 spiro atoms. The minimum atomic E-state index is -0.324. The van der Waals surface area contributed by atoms with Crippen molar-refractivity contribution in [3.63, 3.8) is 0 Å². The van der Waals surface area contributed by atoms with Crippen LogP contribution in [0.2, 0.25) is 0 Å². The van der Waals surface area contributed by atoms with Gasteiger partial charge in [-0.2, -0.15) is 0 Å². The first-order valence-corrected chi connectivity index (χ1v) is 11.5. The van der Waals surface area contributed by atoms with E-state index in [1.54, 1.807) is 13.1 Å². The lowest BCUT2D eigenvalue weighted by Crippen LogP contribution is -2.38. The summed E-state index contributed by atoms with van der Waals surface area (Å²) in [5.41, 5.74) is 3.21. The summed E-state index contributed by atoms with van der Waals surface area (Å²) in [6.07, 6.45) is 6.17. The summed E-state index contributed by atoms with van der Waals surface area (Å²) >= 11 is 0. The molecule has 1 fully saturated rings.